The second-order valence-electron chi connectivity index (χ2n) is 9.07. The second-order valence-corrected chi connectivity index (χ2v) is 9.07. The highest BCUT2D eigenvalue weighted by Gasteiger charge is 2.20. The van der Waals surface area contributed by atoms with Crippen LogP contribution in [-0.4, -0.2) is 49.6 Å². The zero-order valence-electron chi connectivity index (χ0n) is 20.9. The molecule has 0 unspecified atom stereocenters. The smallest absolute Gasteiger partial charge is 0.323 e. The van der Waals surface area contributed by atoms with E-state index in [2.05, 4.69) is 0 Å². The summed E-state index contributed by atoms with van der Waals surface area (Å²) in [5.74, 6) is -0.707. The summed E-state index contributed by atoms with van der Waals surface area (Å²) < 4.78 is 1.99. The van der Waals surface area contributed by atoms with E-state index in [1.54, 1.807) is 36.4 Å². The minimum Gasteiger partial charge on any atom is -0.480 e. The lowest BCUT2D eigenvalue weighted by atomic mass is 10.1. The van der Waals surface area contributed by atoms with Gasteiger partial charge >= 0.3 is 5.97 Å². The van der Waals surface area contributed by atoms with Gasteiger partial charge in [0.15, 0.2) is 0 Å². The molecule has 4 rings (SSSR count). The Kier molecular flexibility index (Phi) is 7.52. The predicted octanol–water partition coefficient (Wildman–Crippen LogP) is 2.65. The number of aromatic nitrogens is 2. The van der Waals surface area contributed by atoms with Crippen LogP contribution in [0.3, 0.4) is 0 Å². The lowest BCUT2D eigenvalue weighted by Crippen LogP contribution is -2.35. The van der Waals surface area contributed by atoms with Crippen molar-refractivity contribution in [3.8, 4) is 0 Å². The van der Waals surface area contributed by atoms with E-state index in [0.717, 1.165) is 28.9 Å². The number of amidine groups is 2. The molecule has 0 aliphatic carbocycles. The number of rotatable bonds is 10. The van der Waals surface area contributed by atoms with Crippen LogP contribution in [0.5, 0.6) is 0 Å². The molecule has 0 saturated heterocycles. The molecule has 0 bridgehead atoms. The molecule has 10 nitrogen and oxygen atoms in total. The van der Waals surface area contributed by atoms with Crippen molar-refractivity contribution >= 4 is 34.6 Å². The van der Waals surface area contributed by atoms with Gasteiger partial charge in [-0.05, 0) is 35.7 Å². The Morgan fingerprint density at radius 1 is 0.868 bits per heavy atom. The van der Waals surface area contributed by atoms with Gasteiger partial charge in [-0.1, -0.05) is 48.5 Å². The average molecular weight is 512 g/mol. The number of hydrogen-bond donors (Lipinski definition) is 5. The fourth-order valence-electron chi connectivity index (χ4n) is 4.27. The van der Waals surface area contributed by atoms with Crippen LogP contribution in [0.15, 0.2) is 66.7 Å². The van der Waals surface area contributed by atoms with Gasteiger partial charge in [-0.15, -0.1) is 0 Å². The number of carbonyl (C=O) groups is 2. The van der Waals surface area contributed by atoms with Crippen molar-refractivity contribution in [2.45, 2.75) is 19.4 Å². The molecule has 0 fully saturated rings. The van der Waals surface area contributed by atoms with Gasteiger partial charge in [0.1, 0.15) is 24.0 Å². The van der Waals surface area contributed by atoms with E-state index in [4.69, 9.17) is 27.3 Å². The lowest BCUT2D eigenvalue weighted by molar-refractivity contribution is -0.137. The monoisotopic (exact) mass is 511 g/mol. The number of carboxylic acids is 1. The summed E-state index contributed by atoms with van der Waals surface area (Å²) in [6, 6.07) is 19.5. The lowest BCUT2D eigenvalue weighted by Gasteiger charge is -2.21. The van der Waals surface area contributed by atoms with Gasteiger partial charge < -0.3 is 26.0 Å². The normalized spacial score (nSPS) is 10.9. The molecule has 0 radical (unpaired) electrons. The van der Waals surface area contributed by atoms with Crippen LogP contribution in [0.1, 0.15) is 38.4 Å². The molecule has 1 heterocycles. The van der Waals surface area contributed by atoms with Crippen molar-refractivity contribution in [1.82, 2.24) is 14.5 Å². The number of aliphatic carboxylic acids is 1. The number of fused-ring (bicyclic) bond motifs is 1. The minimum absolute atomic E-state index is 0.0325. The molecule has 0 saturated carbocycles. The highest BCUT2D eigenvalue weighted by Crippen LogP contribution is 2.20. The Hall–Kier alpha value is -4.99. The van der Waals surface area contributed by atoms with Crippen LogP contribution in [0, 0.1) is 10.8 Å². The maximum atomic E-state index is 13.3. The third-order valence-corrected chi connectivity index (χ3v) is 6.37. The number of aryl methyl sites for hydroxylation is 3. The number of carboxylic acid groups (broad SMARTS) is 1. The van der Waals surface area contributed by atoms with Crippen LogP contribution < -0.4 is 11.5 Å². The summed E-state index contributed by atoms with van der Waals surface area (Å²) in [6.07, 6.45) is 1.42. The fraction of sp³-hybridized carbons (Fsp3) is 0.179. The maximum Gasteiger partial charge on any atom is 0.323 e. The molecule has 0 spiro atoms. The summed E-state index contributed by atoms with van der Waals surface area (Å²) >= 11 is 0. The molecular weight excluding hydrogens is 482 g/mol. The van der Waals surface area contributed by atoms with Crippen molar-refractivity contribution in [1.29, 1.82) is 10.8 Å². The first-order valence-electron chi connectivity index (χ1n) is 12.0. The van der Waals surface area contributed by atoms with Crippen LogP contribution in [0.25, 0.3) is 11.0 Å². The van der Waals surface area contributed by atoms with E-state index < -0.39 is 18.4 Å². The molecule has 7 N–H and O–H groups in total. The summed E-state index contributed by atoms with van der Waals surface area (Å²) in [5, 5.41) is 24.4. The largest absolute Gasteiger partial charge is 0.480 e. The molecule has 0 atom stereocenters. The summed E-state index contributed by atoms with van der Waals surface area (Å²) in [4.78, 5) is 30.8. The molecule has 1 amide bonds. The minimum atomic E-state index is -1.11. The first kappa shape index (κ1) is 26.1. The quantitative estimate of drug-likeness (QED) is 0.161. The summed E-state index contributed by atoms with van der Waals surface area (Å²) in [7, 11) is 1.92. The predicted molar refractivity (Wildman–Crippen MR) is 145 cm³/mol. The van der Waals surface area contributed by atoms with E-state index >= 15 is 0 Å². The summed E-state index contributed by atoms with van der Waals surface area (Å²) in [6.45, 7) is -0.363. The number of hydrogen-bond acceptors (Lipinski definition) is 5. The van der Waals surface area contributed by atoms with Crippen molar-refractivity contribution in [2.75, 3.05) is 6.54 Å². The van der Waals surface area contributed by atoms with Gasteiger partial charge in [-0.3, -0.25) is 20.4 Å². The van der Waals surface area contributed by atoms with Crippen LogP contribution in [0.2, 0.25) is 0 Å². The topological polar surface area (TPSA) is 175 Å². The summed E-state index contributed by atoms with van der Waals surface area (Å²) in [5.41, 5.74) is 15.9. The van der Waals surface area contributed by atoms with Gasteiger partial charge in [-0.2, -0.15) is 0 Å². The van der Waals surface area contributed by atoms with E-state index in [1.165, 1.54) is 4.90 Å². The zero-order chi connectivity index (χ0) is 27.4. The number of nitrogens with zero attached hydrogens (tertiary/aromatic N) is 3. The second kappa shape index (κ2) is 11.0. The van der Waals surface area contributed by atoms with Crippen LogP contribution >= 0.6 is 0 Å². The van der Waals surface area contributed by atoms with Gasteiger partial charge in [0, 0.05) is 36.7 Å². The molecule has 0 aliphatic rings. The first-order valence-corrected chi connectivity index (χ1v) is 12.0. The number of nitrogen functional groups attached to an aromatic ring is 2. The number of imidazole rings is 1. The standard InChI is InChI=1S/C28H29N7O3/c1-34-23-12-11-21(14-22(23)33-24(34)13-6-17-2-7-19(8-3-17)26(29)30)28(38)35(16-25(36)37)15-18-4-9-20(10-5-18)27(31)32/h2-5,7-12,14H,6,13,15-16H2,1H3,(H3,29,30)(H3,31,32)(H,36,37). The Labute approximate surface area is 219 Å². The van der Waals surface area contributed by atoms with E-state index in [0.29, 0.717) is 28.6 Å². The van der Waals surface area contributed by atoms with E-state index in [-0.39, 0.29) is 18.2 Å². The number of nitrogens with two attached hydrogens (primary N) is 2. The number of carbonyl (C=O) groups excluding carboxylic acids is 1. The Bertz CT molecular complexity index is 1520. The van der Waals surface area contributed by atoms with E-state index in [1.807, 2.05) is 41.9 Å². The third-order valence-electron chi connectivity index (χ3n) is 6.37. The molecule has 10 heteroatoms. The maximum absolute atomic E-state index is 13.3. The molecule has 1 aromatic heterocycles. The molecule has 3 aromatic carbocycles. The Morgan fingerprint density at radius 3 is 1.97 bits per heavy atom. The van der Waals surface area contributed by atoms with Crippen LogP contribution in [0.4, 0.5) is 0 Å². The zero-order valence-corrected chi connectivity index (χ0v) is 20.9. The molecule has 38 heavy (non-hydrogen) atoms. The number of amides is 1. The number of nitrogens with one attached hydrogen (secondary N) is 2. The van der Waals surface area contributed by atoms with Gasteiger partial charge in [0.05, 0.1) is 11.0 Å². The van der Waals surface area contributed by atoms with Crippen molar-refractivity contribution < 1.29 is 14.7 Å². The Balaban J connectivity index is 1.53. The Morgan fingerprint density at radius 2 is 1.42 bits per heavy atom. The van der Waals surface area contributed by atoms with Gasteiger partial charge in [0.25, 0.3) is 5.91 Å². The first-order chi connectivity index (χ1) is 18.1. The van der Waals surface area contributed by atoms with Crippen molar-refractivity contribution in [3.05, 3.63) is 100 Å². The van der Waals surface area contributed by atoms with Crippen LogP contribution in [-0.2, 0) is 31.2 Å². The highest BCUT2D eigenvalue weighted by molar-refractivity contribution is 5.99. The highest BCUT2D eigenvalue weighted by atomic mass is 16.4. The number of benzene rings is 3. The SMILES string of the molecule is Cn1c(CCc2ccc(C(=N)N)cc2)nc2cc(C(=O)N(CC(=O)O)Cc3ccc(C(=N)N)cc3)ccc21. The fourth-order valence-corrected chi connectivity index (χ4v) is 4.27. The molecule has 4 aromatic rings. The third kappa shape index (κ3) is 5.86. The molecule has 194 valence electrons. The van der Waals surface area contributed by atoms with Gasteiger partial charge in [0.2, 0.25) is 0 Å². The molecular formula is C28H29N7O3. The molecule has 0 aliphatic heterocycles. The van der Waals surface area contributed by atoms with E-state index in [9.17, 15) is 14.7 Å². The van der Waals surface area contributed by atoms with Crippen molar-refractivity contribution in [3.63, 3.8) is 0 Å². The van der Waals surface area contributed by atoms with Gasteiger partial charge in [-0.25, -0.2) is 4.98 Å². The average Bonchev–Trinajstić information content (AvgIpc) is 3.21. The van der Waals surface area contributed by atoms with Crippen molar-refractivity contribution in [2.24, 2.45) is 18.5 Å².